The monoisotopic (exact) mass is 338 g/mol. The Balaban J connectivity index is 1.53. The van der Waals surface area contributed by atoms with Gasteiger partial charge in [0.15, 0.2) is 5.82 Å². The molecule has 1 saturated heterocycles. The van der Waals surface area contributed by atoms with Crippen LogP contribution >= 0.6 is 23.4 Å². The summed E-state index contributed by atoms with van der Waals surface area (Å²) in [5.74, 6) is 3.04. The molecule has 0 saturated carbocycles. The van der Waals surface area contributed by atoms with Gasteiger partial charge in [-0.1, -0.05) is 28.9 Å². The fourth-order valence-corrected chi connectivity index (χ4v) is 3.46. The molecule has 1 aliphatic rings. The Labute approximate surface area is 139 Å². The highest BCUT2D eigenvalue weighted by Gasteiger charge is 2.25. The second kappa shape index (κ2) is 7.46. The zero-order valence-corrected chi connectivity index (χ0v) is 14.0. The van der Waals surface area contributed by atoms with E-state index in [0.717, 1.165) is 36.2 Å². The Morgan fingerprint density at radius 1 is 1.45 bits per heavy atom. The third-order valence-electron chi connectivity index (χ3n) is 3.68. The maximum Gasteiger partial charge on any atom is 0.236 e. The maximum absolute atomic E-state index is 5.98. The van der Waals surface area contributed by atoms with Gasteiger partial charge in [-0.2, -0.15) is 4.98 Å². The molecule has 118 valence electrons. The number of aromatic nitrogens is 2. The second-order valence-electron chi connectivity index (χ2n) is 5.37. The smallest absolute Gasteiger partial charge is 0.236 e. The lowest BCUT2D eigenvalue weighted by Gasteiger charge is -2.30. The van der Waals surface area contributed by atoms with Crippen LogP contribution in [0.1, 0.15) is 23.3 Å². The predicted molar refractivity (Wildman–Crippen MR) is 89.0 cm³/mol. The number of hydrogen-bond donors (Lipinski definition) is 1. The summed E-state index contributed by atoms with van der Waals surface area (Å²) < 4.78 is 5.37. The zero-order chi connectivity index (χ0) is 15.4. The number of likely N-dealkylation sites (N-methyl/N-ethyl adjacent to an activating group) is 1. The van der Waals surface area contributed by atoms with Gasteiger partial charge in [-0.25, -0.2) is 0 Å². The lowest BCUT2D eigenvalue weighted by Crippen LogP contribution is -2.44. The first-order valence-electron chi connectivity index (χ1n) is 7.28. The van der Waals surface area contributed by atoms with Crippen molar-refractivity contribution < 1.29 is 4.52 Å². The molecular weight excluding hydrogens is 320 g/mol. The topological polar surface area (TPSA) is 54.2 Å². The van der Waals surface area contributed by atoms with Crippen LogP contribution in [-0.2, 0) is 11.5 Å². The maximum atomic E-state index is 5.98. The summed E-state index contributed by atoms with van der Waals surface area (Å²) in [5, 5.41) is 8.26. The van der Waals surface area contributed by atoms with Gasteiger partial charge >= 0.3 is 0 Å². The van der Waals surface area contributed by atoms with Crippen LogP contribution in [-0.4, -0.2) is 41.7 Å². The minimum atomic E-state index is 0.198. The summed E-state index contributed by atoms with van der Waals surface area (Å²) >= 11 is 7.73. The lowest BCUT2D eigenvalue weighted by atomic mass is 10.2. The fraction of sp³-hybridized carbons (Fsp3) is 0.467. The van der Waals surface area contributed by atoms with Crippen LogP contribution in [0, 0.1) is 0 Å². The summed E-state index contributed by atoms with van der Waals surface area (Å²) in [6, 6.07) is 8.10. The van der Waals surface area contributed by atoms with Crippen LogP contribution in [0.5, 0.6) is 0 Å². The van der Waals surface area contributed by atoms with Gasteiger partial charge < -0.3 is 9.84 Å². The van der Waals surface area contributed by atoms with Crippen LogP contribution in [0.3, 0.4) is 0 Å². The summed E-state index contributed by atoms with van der Waals surface area (Å²) in [4.78, 5) is 6.78. The predicted octanol–water partition coefficient (Wildman–Crippen LogP) is 2.73. The van der Waals surface area contributed by atoms with E-state index in [2.05, 4.69) is 33.5 Å². The Hall–Kier alpha value is -1.08. The van der Waals surface area contributed by atoms with Crippen molar-refractivity contribution in [1.29, 1.82) is 0 Å². The van der Waals surface area contributed by atoms with E-state index in [1.54, 1.807) is 11.8 Å². The molecule has 1 atom stereocenters. The van der Waals surface area contributed by atoms with E-state index in [9.17, 15) is 0 Å². The third-order valence-corrected chi connectivity index (χ3v) is 4.90. The number of nitrogens with zero attached hydrogens (tertiary/aromatic N) is 3. The van der Waals surface area contributed by atoms with Crippen LogP contribution in [0.25, 0.3) is 0 Å². The van der Waals surface area contributed by atoms with Crippen molar-refractivity contribution in [3.05, 3.63) is 46.6 Å². The molecule has 0 amide bonds. The van der Waals surface area contributed by atoms with Gasteiger partial charge in [-0.15, -0.1) is 11.8 Å². The van der Waals surface area contributed by atoms with Crippen molar-refractivity contribution in [3.8, 4) is 0 Å². The van der Waals surface area contributed by atoms with Crippen molar-refractivity contribution in [2.75, 3.05) is 26.7 Å². The van der Waals surface area contributed by atoms with Crippen molar-refractivity contribution in [3.63, 3.8) is 0 Å². The highest BCUT2D eigenvalue weighted by Crippen LogP contribution is 2.22. The van der Waals surface area contributed by atoms with Gasteiger partial charge in [-0.3, -0.25) is 4.90 Å². The summed E-state index contributed by atoms with van der Waals surface area (Å²) in [6.45, 7) is 2.87. The molecule has 5 nitrogen and oxygen atoms in total. The number of piperazine rings is 1. The molecule has 0 bridgehead atoms. The number of hydrogen-bond acceptors (Lipinski definition) is 6. The Morgan fingerprint density at radius 2 is 2.36 bits per heavy atom. The van der Waals surface area contributed by atoms with Crippen LogP contribution in [0.15, 0.2) is 28.8 Å². The number of rotatable bonds is 5. The van der Waals surface area contributed by atoms with Gasteiger partial charge in [-0.05, 0) is 24.7 Å². The van der Waals surface area contributed by atoms with Crippen LogP contribution in [0.2, 0.25) is 5.02 Å². The number of nitrogens with one attached hydrogen (secondary N) is 1. The van der Waals surface area contributed by atoms with Gasteiger partial charge in [0.2, 0.25) is 5.89 Å². The Bertz CT molecular complexity index is 621. The Kier molecular flexibility index (Phi) is 5.36. The summed E-state index contributed by atoms with van der Waals surface area (Å²) in [7, 11) is 2.09. The van der Waals surface area contributed by atoms with E-state index in [4.69, 9.17) is 16.1 Å². The molecule has 7 heteroatoms. The molecule has 1 aromatic heterocycles. The molecule has 1 aliphatic heterocycles. The first-order valence-corrected chi connectivity index (χ1v) is 8.81. The van der Waals surface area contributed by atoms with Crippen LogP contribution < -0.4 is 5.32 Å². The van der Waals surface area contributed by atoms with Crippen LogP contribution in [0.4, 0.5) is 0 Å². The average molecular weight is 339 g/mol. The quantitative estimate of drug-likeness (QED) is 0.904. The summed E-state index contributed by atoms with van der Waals surface area (Å²) in [6.07, 6.45) is 0. The van der Waals surface area contributed by atoms with Gasteiger partial charge in [0.05, 0.1) is 11.8 Å². The second-order valence-corrected chi connectivity index (χ2v) is 6.79. The number of benzene rings is 1. The molecule has 1 fully saturated rings. The third kappa shape index (κ3) is 4.01. The van der Waals surface area contributed by atoms with E-state index in [-0.39, 0.29) is 6.04 Å². The van der Waals surface area contributed by atoms with Gasteiger partial charge in [0, 0.05) is 30.4 Å². The van der Waals surface area contributed by atoms with E-state index in [0.29, 0.717) is 11.6 Å². The normalized spacial score (nSPS) is 19.5. The largest absolute Gasteiger partial charge is 0.338 e. The molecule has 1 unspecified atom stereocenters. The number of halogens is 1. The minimum absolute atomic E-state index is 0.198. The van der Waals surface area contributed by atoms with Crippen molar-refractivity contribution in [2.45, 2.75) is 17.5 Å². The molecule has 0 aliphatic carbocycles. The molecule has 1 N–H and O–H groups in total. The molecule has 22 heavy (non-hydrogen) atoms. The van der Waals surface area contributed by atoms with Gasteiger partial charge in [0.1, 0.15) is 0 Å². The lowest BCUT2D eigenvalue weighted by molar-refractivity contribution is 0.190. The first-order chi connectivity index (χ1) is 10.7. The number of thioether (sulfide) groups is 1. The highest BCUT2D eigenvalue weighted by atomic mass is 35.5. The molecule has 1 aromatic carbocycles. The van der Waals surface area contributed by atoms with E-state index >= 15 is 0 Å². The molecule has 2 aromatic rings. The standard InChI is InChI=1S/C15H19ClN4OS/c1-20-6-5-17-8-13(20)15-18-14(21-19-15)10-22-9-11-3-2-4-12(16)7-11/h2-4,7,13,17H,5-6,8-10H2,1H3. The minimum Gasteiger partial charge on any atom is -0.338 e. The molecule has 0 radical (unpaired) electrons. The highest BCUT2D eigenvalue weighted by molar-refractivity contribution is 7.97. The zero-order valence-electron chi connectivity index (χ0n) is 12.5. The van der Waals surface area contributed by atoms with E-state index in [1.165, 1.54) is 5.56 Å². The molecular formula is C15H19ClN4OS. The Morgan fingerprint density at radius 3 is 3.18 bits per heavy atom. The molecule has 3 rings (SSSR count). The van der Waals surface area contributed by atoms with E-state index < -0.39 is 0 Å². The first kappa shape index (κ1) is 15.8. The summed E-state index contributed by atoms with van der Waals surface area (Å²) in [5.41, 5.74) is 1.20. The molecule has 0 spiro atoms. The average Bonchev–Trinajstić information content (AvgIpc) is 2.96. The van der Waals surface area contributed by atoms with Gasteiger partial charge in [0.25, 0.3) is 0 Å². The van der Waals surface area contributed by atoms with Crippen molar-refractivity contribution in [2.24, 2.45) is 0 Å². The van der Waals surface area contributed by atoms with Crippen molar-refractivity contribution in [1.82, 2.24) is 20.4 Å². The fourth-order valence-electron chi connectivity index (χ4n) is 2.44. The van der Waals surface area contributed by atoms with E-state index in [1.807, 2.05) is 18.2 Å². The molecule has 2 heterocycles. The van der Waals surface area contributed by atoms with Crippen molar-refractivity contribution >= 4 is 23.4 Å². The SMILES string of the molecule is CN1CCNCC1c1noc(CSCc2cccc(Cl)c2)n1.